The number of aromatic nitrogens is 3. The van der Waals surface area contributed by atoms with Crippen LogP contribution in [0.3, 0.4) is 0 Å². The Balaban J connectivity index is 1.78. The maximum Gasteiger partial charge on any atom is 0.272 e. The van der Waals surface area contributed by atoms with Crippen molar-refractivity contribution in [2.45, 2.75) is 32.2 Å². The second kappa shape index (κ2) is 5.77. The van der Waals surface area contributed by atoms with Crippen LogP contribution in [0.1, 0.15) is 34.5 Å². The predicted octanol–water partition coefficient (Wildman–Crippen LogP) is 1.24. The van der Waals surface area contributed by atoms with Gasteiger partial charge in [-0.05, 0) is 43.9 Å². The summed E-state index contributed by atoms with van der Waals surface area (Å²) in [4.78, 5) is 19.1. The van der Waals surface area contributed by atoms with Gasteiger partial charge in [-0.3, -0.25) is 14.5 Å². The second-order valence-electron chi connectivity index (χ2n) is 6.22. The summed E-state index contributed by atoms with van der Waals surface area (Å²) in [5, 5.41) is 4.77. The van der Waals surface area contributed by atoms with Gasteiger partial charge in [0.1, 0.15) is 5.69 Å². The molecular weight excluding hydrogens is 290 g/mol. The van der Waals surface area contributed by atoms with E-state index < -0.39 is 0 Å². The highest BCUT2D eigenvalue weighted by molar-refractivity contribution is 5.96. The first-order valence-corrected chi connectivity index (χ1v) is 8.32. The summed E-state index contributed by atoms with van der Waals surface area (Å²) in [7, 11) is 0. The van der Waals surface area contributed by atoms with E-state index in [4.69, 9.17) is 10.8 Å². The second-order valence-corrected chi connectivity index (χ2v) is 6.22. The smallest absolute Gasteiger partial charge is 0.272 e. The van der Waals surface area contributed by atoms with Gasteiger partial charge in [0.25, 0.3) is 5.91 Å². The monoisotopic (exact) mass is 311 g/mol. The summed E-state index contributed by atoms with van der Waals surface area (Å²) < 4.78 is 1.92. The SMILES string of the molecule is NCCCN1CCCn2nc3c(c2C1=O)CCc1cnccc1-3. The summed E-state index contributed by atoms with van der Waals surface area (Å²) in [6, 6.07) is 2.01. The fourth-order valence-electron chi connectivity index (χ4n) is 3.63. The van der Waals surface area contributed by atoms with Crippen LogP contribution in [0.25, 0.3) is 11.3 Å². The zero-order valence-electron chi connectivity index (χ0n) is 13.2. The van der Waals surface area contributed by atoms with Crippen molar-refractivity contribution < 1.29 is 4.79 Å². The molecule has 2 aliphatic rings. The van der Waals surface area contributed by atoms with Gasteiger partial charge in [-0.2, -0.15) is 5.10 Å². The molecule has 1 aliphatic carbocycles. The van der Waals surface area contributed by atoms with Crippen LogP contribution >= 0.6 is 0 Å². The van der Waals surface area contributed by atoms with E-state index in [-0.39, 0.29) is 5.91 Å². The number of rotatable bonds is 3. The van der Waals surface area contributed by atoms with E-state index in [0.29, 0.717) is 6.54 Å². The molecule has 0 fully saturated rings. The average molecular weight is 311 g/mol. The summed E-state index contributed by atoms with van der Waals surface area (Å²) in [5.74, 6) is 0.113. The van der Waals surface area contributed by atoms with Crippen molar-refractivity contribution in [3.8, 4) is 11.3 Å². The maximum atomic E-state index is 13.0. The molecule has 0 saturated carbocycles. The number of carbonyl (C=O) groups is 1. The van der Waals surface area contributed by atoms with Gasteiger partial charge in [0, 0.05) is 43.2 Å². The van der Waals surface area contributed by atoms with Gasteiger partial charge in [0.2, 0.25) is 0 Å². The summed E-state index contributed by atoms with van der Waals surface area (Å²) in [6.45, 7) is 2.93. The molecule has 23 heavy (non-hydrogen) atoms. The van der Waals surface area contributed by atoms with Gasteiger partial charge in [-0.25, -0.2) is 0 Å². The van der Waals surface area contributed by atoms with Gasteiger partial charge in [0.05, 0.1) is 5.69 Å². The van der Waals surface area contributed by atoms with Gasteiger partial charge in [-0.15, -0.1) is 0 Å². The van der Waals surface area contributed by atoms with Crippen LogP contribution in [0.5, 0.6) is 0 Å². The number of nitrogens with two attached hydrogens (primary N) is 1. The molecule has 0 atom stereocenters. The van der Waals surface area contributed by atoms with Crippen molar-refractivity contribution in [2.75, 3.05) is 19.6 Å². The fraction of sp³-hybridized carbons (Fsp3) is 0.471. The molecular formula is C17H21N5O. The lowest BCUT2D eigenvalue weighted by atomic mass is 9.90. The third kappa shape index (κ3) is 2.34. The third-order valence-electron chi connectivity index (χ3n) is 4.77. The molecule has 0 radical (unpaired) electrons. The van der Waals surface area contributed by atoms with Crippen LogP contribution in [0.15, 0.2) is 18.5 Å². The summed E-state index contributed by atoms with van der Waals surface area (Å²) in [5.41, 5.74) is 10.8. The molecule has 0 bridgehead atoms. The molecule has 0 spiro atoms. The standard InChI is InChI=1S/C17H21N5O/c18-6-1-8-21-9-2-10-22-16(17(21)23)14-4-3-12-11-19-7-5-13(12)15(14)20-22/h5,7,11H,1-4,6,8-10,18H2. The predicted molar refractivity (Wildman–Crippen MR) is 87.1 cm³/mol. The van der Waals surface area contributed by atoms with E-state index in [1.54, 1.807) is 6.20 Å². The van der Waals surface area contributed by atoms with Gasteiger partial charge in [0.15, 0.2) is 0 Å². The lowest BCUT2D eigenvalue weighted by Crippen LogP contribution is -2.33. The number of hydrogen-bond donors (Lipinski definition) is 1. The molecule has 6 nitrogen and oxygen atoms in total. The molecule has 2 N–H and O–H groups in total. The Morgan fingerprint density at radius 1 is 1.26 bits per heavy atom. The lowest BCUT2D eigenvalue weighted by molar-refractivity contribution is 0.0755. The first-order valence-electron chi connectivity index (χ1n) is 8.32. The fourth-order valence-corrected chi connectivity index (χ4v) is 3.63. The Labute approximate surface area is 135 Å². The summed E-state index contributed by atoms with van der Waals surface area (Å²) >= 11 is 0. The van der Waals surface area contributed by atoms with Crippen LogP contribution in [0, 0.1) is 0 Å². The Morgan fingerprint density at radius 3 is 3.04 bits per heavy atom. The highest BCUT2D eigenvalue weighted by atomic mass is 16.2. The molecule has 4 rings (SSSR count). The van der Waals surface area contributed by atoms with Crippen molar-refractivity contribution >= 4 is 5.91 Å². The first-order chi connectivity index (χ1) is 11.3. The van der Waals surface area contributed by atoms with E-state index in [1.807, 2.05) is 21.8 Å². The lowest BCUT2D eigenvalue weighted by Gasteiger charge is -2.21. The Hall–Kier alpha value is -2.21. The topological polar surface area (TPSA) is 77.0 Å². The highest BCUT2D eigenvalue weighted by Gasteiger charge is 2.31. The van der Waals surface area contributed by atoms with E-state index >= 15 is 0 Å². The van der Waals surface area contributed by atoms with E-state index in [9.17, 15) is 4.79 Å². The number of aryl methyl sites for hydroxylation is 2. The number of fused-ring (bicyclic) bond motifs is 5. The third-order valence-corrected chi connectivity index (χ3v) is 4.77. The minimum absolute atomic E-state index is 0.113. The number of nitrogens with zero attached hydrogens (tertiary/aromatic N) is 4. The molecule has 1 aliphatic heterocycles. The molecule has 0 aromatic carbocycles. The van der Waals surface area contributed by atoms with Crippen LogP contribution < -0.4 is 5.73 Å². The normalized spacial score (nSPS) is 16.6. The Bertz CT molecular complexity index is 751. The number of hydrogen-bond acceptors (Lipinski definition) is 4. The van der Waals surface area contributed by atoms with Crippen LogP contribution in [0.2, 0.25) is 0 Å². The van der Waals surface area contributed by atoms with E-state index in [1.165, 1.54) is 5.56 Å². The largest absolute Gasteiger partial charge is 0.337 e. The number of carbonyl (C=O) groups excluding carboxylic acids is 1. The van der Waals surface area contributed by atoms with E-state index in [0.717, 1.165) is 67.8 Å². The molecule has 0 unspecified atom stereocenters. The van der Waals surface area contributed by atoms with Crippen molar-refractivity contribution in [3.05, 3.63) is 35.3 Å². The van der Waals surface area contributed by atoms with Gasteiger partial charge < -0.3 is 10.6 Å². The zero-order valence-corrected chi connectivity index (χ0v) is 13.2. The molecule has 0 saturated heterocycles. The first kappa shape index (κ1) is 14.4. The molecule has 2 aromatic rings. The minimum atomic E-state index is 0.113. The van der Waals surface area contributed by atoms with Crippen molar-refractivity contribution in [1.82, 2.24) is 19.7 Å². The van der Waals surface area contributed by atoms with Crippen molar-refractivity contribution in [1.29, 1.82) is 0 Å². The van der Waals surface area contributed by atoms with E-state index in [2.05, 4.69) is 4.98 Å². The zero-order chi connectivity index (χ0) is 15.8. The Morgan fingerprint density at radius 2 is 2.17 bits per heavy atom. The minimum Gasteiger partial charge on any atom is -0.337 e. The Kier molecular flexibility index (Phi) is 3.61. The highest BCUT2D eigenvalue weighted by Crippen LogP contribution is 2.35. The number of pyridine rings is 1. The average Bonchev–Trinajstić information content (AvgIpc) is 2.88. The molecule has 2 aromatic heterocycles. The molecule has 120 valence electrons. The van der Waals surface area contributed by atoms with Crippen molar-refractivity contribution in [3.63, 3.8) is 0 Å². The van der Waals surface area contributed by atoms with Gasteiger partial charge >= 0.3 is 0 Å². The van der Waals surface area contributed by atoms with Crippen LogP contribution in [-0.2, 0) is 19.4 Å². The van der Waals surface area contributed by atoms with Gasteiger partial charge in [-0.1, -0.05) is 0 Å². The van der Waals surface area contributed by atoms with Crippen molar-refractivity contribution in [2.24, 2.45) is 5.73 Å². The number of amides is 1. The maximum absolute atomic E-state index is 13.0. The summed E-state index contributed by atoms with van der Waals surface area (Å²) in [6.07, 6.45) is 7.28. The molecule has 1 amide bonds. The quantitative estimate of drug-likeness (QED) is 0.925. The molecule has 3 heterocycles. The van der Waals surface area contributed by atoms with Crippen LogP contribution in [-0.4, -0.2) is 45.2 Å². The van der Waals surface area contributed by atoms with Crippen LogP contribution in [0.4, 0.5) is 0 Å². The molecule has 6 heteroatoms.